The van der Waals surface area contributed by atoms with E-state index in [1.807, 2.05) is 0 Å². The van der Waals surface area contributed by atoms with Crippen LogP contribution in [0.2, 0.25) is 0 Å². The van der Waals surface area contributed by atoms with Gasteiger partial charge in [-0.3, -0.25) is 4.52 Å². The van der Waals surface area contributed by atoms with Crippen molar-refractivity contribution in [2.75, 3.05) is 19.7 Å². The van der Waals surface area contributed by atoms with E-state index < -0.39 is 88.8 Å². The van der Waals surface area contributed by atoms with Crippen molar-refractivity contribution in [3.8, 4) is 0 Å². The summed E-state index contributed by atoms with van der Waals surface area (Å²) in [6.45, 7) is -4.73. The van der Waals surface area contributed by atoms with Crippen molar-refractivity contribution in [3.63, 3.8) is 0 Å². The Morgan fingerprint density at radius 2 is 0.974 bits per heavy atom. The van der Waals surface area contributed by atoms with Gasteiger partial charge >= 0.3 is 54.8 Å². The Bertz CT molecular complexity index is 1010. The molecule has 0 aromatic carbocycles. The first-order valence-corrected chi connectivity index (χ1v) is 11.5. The predicted molar refractivity (Wildman–Crippen MR) is 90.8 cm³/mol. The second-order valence-electron chi connectivity index (χ2n) is 6.78. The molecule has 0 saturated carbocycles. The van der Waals surface area contributed by atoms with Gasteiger partial charge in [0.05, 0.1) is 6.61 Å². The fourth-order valence-electron chi connectivity index (χ4n) is 2.18. The van der Waals surface area contributed by atoms with Crippen LogP contribution in [0.4, 0.5) is 74.6 Å². The van der Waals surface area contributed by atoms with E-state index in [0.717, 1.165) is 0 Å². The molecule has 0 unspecified atom stereocenters. The minimum Gasteiger partial charge on any atom is -0.369 e. The fraction of sp³-hybridized carbons (Fsp3) is 1.00. The number of likely N-dealkylation sites (N-methyl/N-ethyl adjacent to an activating group) is 1. The van der Waals surface area contributed by atoms with E-state index in [1.165, 1.54) is 0 Å². The van der Waals surface area contributed by atoms with Crippen LogP contribution in [0, 0.1) is 0 Å². The van der Waals surface area contributed by atoms with Gasteiger partial charge in [0.1, 0.15) is 0 Å². The molecule has 0 atom stereocenters. The highest BCUT2D eigenvalue weighted by Gasteiger charge is 2.96. The van der Waals surface area contributed by atoms with E-state index in [-0.39, 0.29) is 6.15 Å². The zero-order valence-electron chi connectivity index (χ0n) is 18.4. The molecule has 0 amide bonds. The lowest BCUT2D eigenvalue weighted by atomic mass is 9.91. The molecule has 0 aliphatic carbocycles. The first-order chi connectivity index (χ1) is 16.2. The zero-order valence-corrected chi connectivity index (χ0v) is 20.1. The van der Waals surface area contributed by atoms with Gasteiger partial charge in [0.25, 0.3) is 10.0 Å². The minimum atomic E-state index is -8.96. The molecule has 6 N–H and O–H groups in total. The number of hydrogen-bond donors (Lipinski definition) is 3. The van der Waals surface area contributed by atoms with E-state index in [1.54, 1.807) is 0 Å². The highest BCUT2D eigenvalue weighted by Crippen LogP contribution is 2.64. The van der Waals surface area contributed by atoms with E-state index in [9.17, 15) is 87.6 Å². The highest BCUT2D eigenvalue weighted by atomic mass is 32.2. The summed E-state index contributed by atoms with van der Waals surface area (Å²) in [6.07, 6.45) is -7.93. The number of phosphoric acid groups is 1. The number of quaternary nitrogens is 1. The lowest BCUT2D eigenvalue weighted by Gasteiger charge is -2.43. The van der Waals surface area contributed by atoms with Crippen LogP contribution < -0.4 is 6.15 Å². The summed E-state index contributed by atoms with van der Waals surface area (Å²) in [6, 6.07) is 0. The lowest BCUT2D eigenvalue weighted by Crippen LogP contribution is -2.75. The molecule has 27 heteroatoms. The summed E-state index contributed by atoms with van der Waals surface area (Å²) in [7, 11) is -13.1. The molecule has 0 heterocycles. The average Bonchev–Trinajstić information content (AvgIpc) is 2.68. The molecule has 0 aromatic heterocycles. The molecule has 0 aliphatic heterocycles. The molecular weight excluding hydrogens is 654 g/mol. The molecule has 0 aliphatic rings. The summed E-state index contributed by atoms with van der Waals surface area (Å²) in [5.74, 6) is -52.3. The Balaban J connectivity index is 0. The average molecular weight is 669 g/mol. The van der Waals surface area contributed by atoms with Gasteiger partial charge in [-0.25, -0.2) is 13.0 Å². The van der Waals surface area contributed by atoms with Gasteiger partial charge in [-0.1, -0.05) is 6.92 Å². The van der Waals surface area contributed by atoms with Gasteiger partial charge in [0.2, 0.25) is 0 Å². The van der Waals surface area contributed by atoms with Gasteiger partial charge < -0.3 is 15.9 Å². The van der Waals surface area contributed by atoms with E-state index in [2.05, 4.69) is 4.52 Å². The maximum Gasteiger partial charge on any atom is 0.469 e. The Hall–Kier alpha value is -1.21. The Labute approximate surface area is 204 Å². The third-order valence-electron chi connectivity index (χ3n) is 4.31. The first-order valence-electron chi connectivity index (χ1n) is 8.58. The largest absolute Gasteiger partial charge is 0.469 e. The topological polar surface area (TPSA) is 141 Å². The normalized spacial score (nSPS) is 15.9. The summed E-state index contributed by atoms with van der Waals surface area (Å²) in [5, 5.41) is -7.76. The van der Waals surface area contributed by atoms with Crippen LogP contribution in [0.3, 0.4) is 0 Å². The van der Waals surface area contributed by atoms with Crippen LogP contribution in [0.5, 0.6) is 0 Å². The Morgan fingerprint density at radius 3 is 1.26 bits per heavy atom. The van der Waals surface area contributed by atoms with Crippen LogP contribution in [0.25, 0.3) is 0 Å². The highest BCUT2D eigenvalue weighted by molar-refractivity contribution is 7.90. The molecule has 0 radical (unpaired) electrons. The summed E-state index contributed by atoms with van der Waals surface area (Å²) in [5.41, 5.74) is 0. The standard InChI is InChI=1S/C12H11F17NO6PS.H3N/c1-2-30(3-4-36-37(31,32)33)38(34,35)12(28,29)10(23,24)8(19,20)6(15,16)5(13,14)7(17,18)9(21,22)11(25,26)27;/h2-4H2,1H3,(H2,31,32,33);1H3/p+1. The van der Waals surface area contributed by atoms with Crippen molar-refractivity contribution in [2.45, 2.75) is 53.9 Å². The quantitative estimate of drug-likeness (QED) is 0.185. The predicted octanol–water partition coefficient (Wildman–Crippen LogP) is 5.09. The van der Waals surface area contributed by atoms with Crippen LogP contribution >= 0.6 is 7.82 Å². The molecule has 0 aromatic rings. The third-order valence-corrected chi connectivity index (χ3v) is 6.85. The summed E-state index contributed by atoms with van der Waals surface area (Å²) >= 11 is 0. The summed E-state index contributed by atoms with van der Waals surface area (Å²) in [4.78, 5) is 16.7. The lowest BCUT2D eigenvalue weighted by molar-refractivity contribution is -0.458. The minimum absolute atomic E-state index is 0. The van der Waals surface area contributed by atoms with Gasteiger partial charge in [-0.2, -0.15) is 78.9 Å². The van der Waals surface area contributed by atoms with Crippen molar-refractivity contribution in [1.82, 2.24) is 10.5 Å². The molecule has 0 fully saturated rings. The third kappa shape index (κ3) is 6.05. The molecule has 0 bridgehead atoms. The second-order valence-corrected chi connectivity index (χ2v) is 10.0. The first kappa shape index (κ1) is 39.9. The summed E-state index contributed by atoms with van der Waals surface area (Å²) < 4.78 is 262. The molecule has 39 heavy (non-hydrogen) atoms. The van der Waals surface area contributed by atoms with Gasteiger partial charge in [-0.05, 0) is 0 Å². The second kappa shape index (κ2) is 10.9. The number of rotatable bonds is 13. The van der Waals surface area contributed by atoms with Crippen molar-refractivity contribution in [3.05, 3.63) is 0 Å². The molecule has 0 saturated heterocycles. The molecule has 238 valence electrons. The van der Waals surface area contributed by atoms with E-state index in [0.29, 0.717) is 6.92 Å². The van der Waals surface area contributed by atoms with Gasteiger partial charge in [0.15, 0.2) is 0 Å². The molecule has 0 spiro atoms. The van der Waals surface area contributed by atoms with Crippen LogP contribution in [-0.4, -0.2) is 89.2 Å². The van der Waals surface area contributed by atoms with Crippen molar-refractivity contribution >= 4 is 17.8 Å². The Morgan fingerprint density at radius 1 is 0.667 bits per heavy atom. The van der Waals surface area contributed by atoms with Crippen LogP contribution in [-0.2, 0) is 19.1 Å². The van der Waals surface area contributed by atoms with Crippen molar-refractivity contribution in [2.24, 2.45) is 0 Å². The molecular formula is C12H15F17N2O6PS+. The number of halogens is 17. The molecule has 0 rings (SSSR count). The smallest absolute Gasteiger partial charge is 0.369 e. The number of hydrogen-bond acceptors (Lipinski definition) is 4. The SMILES string of the molecule is CCN(CCOP(=O)(O)O)S(=O)(=O)C(F)(F)C(F)(F)C(F)(F)C(F)(F)C(F)(F)C(F)(F)C(F)(F)C(F)(F)F.[NH4+]. The number of sulfonamides is 1. The van der Waals surface area contributed by atoms with Gasteiger partial charge in [0, 0.05) is 13.1 Å². The van der Waals surface area contributed by atoms with Crippen molar-refractivity contribution in [1.29, 1.82) is 0 Å². The number of phosphoric ester groups is 1. The monoisotopic (exact) mass is 669 g/mol. The van der Waals surface area contributed by atoms with Crippen molar-refractivity contribution < 1.29 is 102 Å². The molecule has 8 nitrogen and oxygen atoms in total. The Kier molecular flexibility index (Phi) is 11.1. The number of nitrogens with zero attached hydrogens (tertiary/aromatic N) is 1. The zero-order chi connectivity index (χ0) is 31.4. The van der Waals surface area contributed by atoms with Crippen LogP contribution in [0.15, 0.2) is 0 Å². The van der Waals surface area contributed by atoms with E-state index in [4.69, 9.17) is 9.79 Å². The van der Waals surface area contributed by atoms with Crippen LogP contribution in [0.1, 0.15) is 6.92 Å². The number of alkyl halides is 17. The van der Waals surface area contributed by atoms with E-state index >= 15 is 0 Å². The maximum atomic E-state index is 14.1. The van der Waals surface area contributed by atoms with Gasteiger partial charge in [-0.15, -0.1) is 0 Å². The fourth-order valence-corrected chi connectivity index (χ4v) is 3.93. The maximum absolute atomic E-state index is 14.1.